The highest BCUT2D eigenvalue weighted by molar-refractivity contribution is 5.99. The van der Waals surface area contributed by atoms with Gasteiger partial charge in [0.05, 0.1) is 5.56 Å². The van der Waals surface area contributed by atoms with Gasteiger partial charge in [0, 0.05) is 12.4 Å². The third-order valence-corrected chi connectivity index (χ3v) is 2.35. The van der Waals surface area contributed by atoms with Crippen LogP contribution in [0.1, 0.15) is 28.8 Å². The number of rotatable bonds is 3. The number of hydrogen-bond donors (Lipinski definition) is 1. The molecule has 0 spiro atoms. The quantitative estimate of drug-likeness (QED) is 0.663. The van der Waals surface area contributed by atoms with Crippen LogP contribution in [0.15, 0.2) is 46.2 Å². The van der Waals surface area contributed by atoms with Crippen molar-refractivity contribution in [3.05, 3.63) is 53.7 Å². The van der Waals surface area contributed by atoms with Crippen LogP contribution >= 0.6 is 0 Å². The van der Waals surface area contributed by atoms with Crippen molar-refractivity contribution in [1.29, 1.82) is 0 Å². The molecule has 2 aromatic rings. The van der Waals surface area contributed by atoms with Crippen molar-refractivity contribution in [2.75, 3.05) is 0 Å². The zero-order valence-electron chi connectivity index (χ0n) is 10.2. The molecule has 0 unspecified atom stereocenters. The molecule has 1 N–H and O–H groups in total. The zero-order valence-corrected chi connectivity index (χ0v) is 10.2. The number of carbonyl (C=O) groups is 1. The fourth-order valence-corrected chi connectivity index (χ4v) is 1.38. The summed E-state index contributed by atoms with van der Waals surface area (Å²) in [7, 11) is 0. The van der Waals surface area contributed by atoms with Gasteiger partial charge in [-0.1, -0.05) is 0 Å². The molecule has 0 aliphatic heterocycles. The van der Waals surface area contributed by atoms with Gasteiger partial charge in [-0.05, 0) is 38.1 Å². The number of nitrogens with one attached hydrogen (secondary N) is 1. The van der Waals surface area contributed by atoms with Crippen LogP contribution in [0, 0.1) is 6.92 Å². The number of amides is 1. The first-order valence-corrected chi connectivity index (χ1v) is 5.48. The van der Waals surface area contributed by atoms with E-state index in [9.17, 15) is 4.79 Å². The van der Waals surface area contributed by atoms with E-state index in [0.29, 0.717) is 17.0 Å². The number of hydrogen-bond acceptors (Lipinski definition) is 4. The maximum absolute atomic E-state index is 11.7. The van der Waals surface area contributed by atoms with Gasteiger partial charge in [-0.15, -0.1) is 0 Å². The van der Waals surface area contributed by atoms with Gasteiger partial charge in [-0.2, -0.15) is 5.10 Å². The molecule has 2 heterocycles. The lowest BCUT2D eigenvalue weighted by Gasteiger charge is -2.00. The molecule has 0 aliphatic carbocycles. The molecule has 5 heteroatoms. The normalized spacial score (nSPS) is 11.3. The molecule has 0 saturated carbocycles. The van der Waals surface area contributed by atoms with Crippen molar-refractivity contribution in [3.63, 3.8) is 0 Å². The molecular weight excluding hydrogens is 230 g/mol. The minimum Gasteiger partial charge on any atom is -0.460 e. The van der Waals surface area contributed by atoms with E-state index in [2.05, 4.69) is 15.5 Å². The maximum Gasteiger partial charge on any atom is 0.272 e. The predicted molar refractivity (Wildman–Crippen MR) is 67.4 cm³/mol. The molecular formula is C13H13N3O2. The van der Waals surface area contributed by atoms with E-state index in [4.69, 9.17) is 4.42 Å². The summed E-state index contributed by atoms with van der Waals surface area (Å²) in [6.07, 6.45) is 3.09. The van der Waals surface area contributed by atoms with E-state index in [0.717, 1.165) is 5.76 Å². The monoisotopic (exact) mass is 243 g/mol. The molecule has 0 saturated heterocycles. The average Bonchev–Trinajstić information content (AvgIpc) is 2.83. The Bertz CT molecular complexity index is 573. The molecule has 0 bridgehead atoms. The second-order valence-electron chi connectivity index (χ2n) is 3.79. The van der Waals surface area contributed by atoms with E-state index in [1.54, 1.807) is 25.3 Å². The Balaban J connectivity index is 2.05. The van der Waals surface area contributed by atoms with Crippen molar-refractivity contribution in [1.82, 2.24) is 10.4 Å². The van der Waals surface area contributed by atoms with Gasteiger partial charge in [-0.25, -0.2) is 5.43 Å². The lowest BCUT2D eigenvalue weighted by atomic mass is 10.3. The van der Waals surface area contributed by atoms with Gasteiger partial charge in [0.25, 0.3) is 5.91 Å². The van der Waals surface area contributed by atoms with Crippen molar-refractivity contribution in [2.24, 2.45) is 5.10 Å². The molecule has 0 aromatic carbocycles. The molecule has 5 nitrogen and oxygen atoms in total. The Morgan fingerprint density at radius 2 is 2.22 bits per heavy atom. The van der Waals surface area contributed by atoms with Crippen LogP contribution in [-0.2, 0) is 0 Å². The molecule has 0 aliphatic rings. The van der Waals surface area contributed by atoms with Crippen molar-refractivity contribution in [3.8, 4) is 0 Å². The highest BCUT2D eigenvalue weighted by Gasteiger charge is 2.06. The summed E-state index contributed by atoms with van der Waals surface area (Å²) in [6, 6.07) is 7.02. The third-order valence-electron chi connectivity index (χ3n) is 2.35. The fraction of sp³-hybridized carbons (Fsp3) is 0.154. The van der Waals surface area contributed by atoms with Gasteiger partial charge in [0.15, 0.2) is 0 Å². The highest BCUT2D eigenvalue weighted by atomic mass is 16.3. The molecule has 2 rings (SSSR count). The number of carbonyl (C=O) groups excluding carboxylic acids is 1. The second-order valence-corrected chi connectivity index (χ2v) is 3.79. The molecule has 2 aromatic heterocycles. The van der Waals surface area contributed by atoms with E-state index >= 15 is 0 Å². The van der Waals surface area contributed by atoms with Gasteiger partial charge in [0.2, 0.25) is 0 Å². The van der Waals surface area contributed by atoms with Crippen LogP contribution < -0.4 is 5.43 Å². The number of pyridine rings is 1. The van der Waals surface area contributed by atoms with Crippen LogP contribution in [-0.4, -0.2) is 16.6 Å². The average molecular weight is 243 g/mol. The van der Waals surface area contributed by atoms with Crippen LogP contribution in [0.4, 0.5) is 0 Å². The highest BCUT2D eigenvalue weighted by Crippen LogP contribution is 2.07. The second kappa shape index (κ2) is 5.27. The number of nitrogens with zero attached hydrogens (tertiary/aromatic N) is 2. The summed E-state index contributed by atoms with van der Waals surface area (Å²) in [4.78, 5) is 15.6. The van der Waals surface area contributed by atoms with E-state index < -0.39 is 0 Å². The lowest BCUT2D eigenvalue weighted by molar-refractivity contribution is 0.0954. The Hall–Kier alpha value is -2.43. The number of hydrazone groups is 1. The predicted octanol–water partition coefficient (Wildman–Crippen LogP) is 2.14. The first-order chi connectivity index (χ1) is 8.66. The largest absolute Gasteiger partial charge is 0.460 e. The fourth-order valence-electron chi connectivity index (χ4n) is 1.38. The maximum atomic E-state index is 11.7. The van der Waals surface area contributed by atoms with Crippen molar-refractivity contribution in [2.45, 2.75) is 13.8 Å². The third kappa shape index (κ3) is 2.82. The first kappa shape index (κ1) is 12.0. The Kier molecular flexibility index (Phi) is 3.52. The smallest absolute Gasteiger partial charge is 0.272 e. The standard InChI is InChI=1S/C13H13N3O2/c1-9-5-6-12(18-9)10(2)15-16-13(17)11-4-3-7-14-8-11/h3-8H,1-2H3,(H,16,17)/b15-10-. The molecule has 92 valence electrons. The molecule has 1 amide bonds. The lowest BCUT2D eigenvalue weighted by Crippen LogP contribution is -2.19. The van der Waals surface area contributed by atoms with E-state index in [-0.39, 0.29) is 5.91 Å². The summed E-state index contributed by atoms with van der Waals surface area (Å²) in [5.74, 6) is 1.14. The summed E-state index contributed by atoms with van der Waals surface area (Å²) in [5.41, 5.74) is 3.53. The molecule has 0 radical (unpaired) electrons. The summed E-state index contributed by atoms with van der Waals surface area (Å²) < 4.78 is 5.39. The molecule has 0 atom stereocenters. The zero-order chi connectivity index (χ0) is 13.0. The van der Waals surface area contributed by atoms with E-state index in [1.165, 1.54) is 6.20 Å². The van der Waals surface area contributed by atoms with Crippen molar-refractivity contribution < 1.29 is 9.21 Å². The van der Waals surface area contributed by atoms with Crippen molar-refractivity contribution >= 4 is 11.6 Å². The Labute approximate surface area is 105 Å². The van der Waals surface area contributed by atoms with Gasteiger partial charge in [0.1, 0.15) is 17.2 Å². The number of aromatic nitrogens is 1. The van der Waals surface area contributed by atoms with E-state index in [1.807, 2.05) is 19.1 Å². The first-order valence-electron chi connectivity index (χ1n) is 5.48. The Morgan fingerprint density at radius 3 is 2.83 bits per heavy atom. The Morgan fingerprint density at radius 1 is 1.39 bits per heavy atom. The SMILES string of the molecule is C/C(=N/NC(=O)c1cccnc1)c1ccc(C)o1. The minimum absolute atomic E-state index is 0.300. The van der Waals surface area contributed by atoms with Gasteiger partial charge in [-0.3, -0.25) is 9.78 Å². The molecule has 0 fully saturated rings. The summed E-state index contributed by atoms with van der Waals surface area (Å²) in [6.45, 7) is 3.62. The van der Waals surface area contributed by atoms with Crippen LogP contribution in [0.3, 0.4) is 0 Å². The molecule has 18 heavy (non-hydrogen) atoms. The van der Waals surface area contributed by atoms with Gasteiger partial charge >= 0.3 is 0 Å². The minimum atomic E-state index is -0.300. The van der Waals surface area contributed by atoms with Crippen LogP contribution in [0.5, 0.6) is 0 Å². The number of aryl methyl sites for hydroxylation is 1. The van der Waals surface area contributed by atoms with Crippen LogP contribution in [0.25, 0.3) is 0 Å². The number of furan rings is 1. The topological polar surface area (TPSA) is 67.5 Å². The van der Waals surface area contributed by atoms with Crippen LogP contribution in [0.2, 0.25) is 0 Å². The van der Waals surface area contributed by atoms with Gasteiger partial charge < -0.3 is 4.42 Å². The summed E-state index contributed by atoms with van der Waals surface area (Å²) >= 11 is 0. The summed E-state index contributed by atoms with van der Waals surface area (Å²) in [5, 5.41) is 3.98.